The Hall–Kier alpha value is -2.04. The lowest BCUT2D eigenvalue weighted by atomic mass is 10.2. The molecule has 106 valence electrons. The fourth-order valence-electron chi connectivity index (χ4n) is 1.94. The van der Waals surface area contributed by atoms with Crippen LogP contribution in [-0.4, -0.2) is 15.0 Å². The van der Waals surface area contributed by atoms with E-state index in [9.17, 15) is 0 Å². The molecule has 0 unspecified atom stereocenters. The van der Waals surface area contributed by atoms with Crippen molar-refractivity contribution in [3.8, 4) is 5.69 Å². The molecule has 0 amide bonds. The molecular weight excluding hydrogens is 307 g/mol. The highest BCUT2D eigenvalue weighted by Gasteiger charge is 2.02. The maximum absolute atomic E-state index is 6.14. The lowest BCUT2D eigenvalue weighted by molar-refractivity contribution is 0.752. The molecule has 1 aromatic heterocycles. The van der Waals surface area contributed by atoms with Gasteiger partial charge in [-0.05, 0) is 48.0 Å². The number of hydrogen-bond acceptors (Lipinski definition) is 3. The van der Waals surface area contributed by atoms with Gasteiger partial charge < -0.3 is 5.32 Å². The summed E-state index contributed by atoms with van der Waals surface area (Å²) in [6.07, 6.45) is 3.29. The molecule has 0 saturated heterocycles. The largest absolute Gasteiger partial charge is 0.381 e. The summed E-state index contributed by atoms with van der Waals surface area (Å²) in [5.41, 5.74) is 2.86. The van der Waals surface area contributed by atoms with Crippen LogP contribution < -0.4 is 5.32 Å². The SMILES string of the molecule is Clc1ccc(Cl)c(CNc2ccc(-n3nccn3)cc2)c1. The Morgan fingerprint density at radius 3 is 2.38 bits per heavy atom. The summed E-state index contributed by atoms with van der Waals surface area (Å²) in [6.45, 7) is 0.610. The first kappa shape index (κ1) is 13.9. The van der Waals surface area contributed by atoms with Gasteiger partial charge in [-0.2, -0.15) is 15.0 Å². The summed E-state index contributed by atoms with van der Waals surface area (Å²) in [7, 11) is 0. The van der Waals surface area contributed by atoms with Crippen molar-refractivity contribution in [1.29, 1.82) is 0 Å². The number of benzene rings is 2. The monoisotopic (exact) mass is 318 g/mol. The van der Waals surface area contributed by atoms with Crippen molar-refractivity contribution in [3.63, 3.8) is 0 Å². The second-order valence-corrected chi connectivity index (χ2v) is 5.30. The average molecular weight is 319 g/mol. The van der Waals surface area contributed by atoms with Crippen molar-refractivity contribution < 1.29 is 0 Å². The highest BCUT2D eigenvalue weighted by Crippen LogP contribution is 2.22. The van der Waals surface area contributed by atoms with Gasteiger partial charge in [0.05, 0.1) is 18.1 Å². The van der Waals surface area contributed by atoms with Gasteiger partial charge in [-0.15, -0.1) is 0 Å². The molecule has 4 nitrogen and oxygen atoms in total. The second-order valence-electron chi connectivity index (χ2n) is 4.45. The standard InChI is InChI=1S/C15H12Cl2N4/c16-12-1-6-15(17)11(9-12)10-18-13-2-4-14(5-3-13)21-19-7-8-20-21/h1-9,18H,10H2. The molecular formula is C15H12Cl2N4. The number of anilines is 1. The van der Waals surface area contributed by atoms with E-state index in [0.717, 1.165) is 16.9 Å². The third kappa shape index (κ3) is 3.35. The first-order chi connectivity index (χ1) is 10.2. The molecule has 3 aromatic rings. The lowest BCUT2D eigenvalue weighted by Gasteiger charge is -2.09. The zero-order valence-electron chi connectivity index (χ0n) is 11.0. The first-order valence-corrected chi connectivity index (χ1v) is 7.12. The summed E-state index contributed by atoms with van der Waals surface area (Å²) in [5, 5.41) is 12.9. The molecule has 1 N–H and O–H groups in total. The van der Waals surface area contributed by atoms with Gasteiger partial charge in [-0.25, -0.2) is 0 Å². The van der Waals surface area contributed by atoms with Gasteiger partial charge in [-0.1, -0.05) is 23.2 Å². The third-order valence-corrected chi connectivity index (χ3v) is 3.61. The topological polar surface area (TPSA) is 42.7 Å². The fourth-order valence-corrected chi connectivity index (χ4v) is 2.32. The van der Waals surface area contributed by atoms with Gasteiger partial charge in [0.2, 0.25) is 0 Å². The number of nitrogens with zero attached hydrogens (tertiary/aromatic N) is 3. The summed E-state index contributed by atoms with van der Waals surface area (Å²) in [5.74, 6) is 0. The van der Waals surface area contributed by atoms with E-state index < -0.39 is 0 Å². The van der Waals surface area contributed by atoms with E-state index in [1.54, 1.807) is 29.3 Å². The molecule has 3 rings (SSSR count). The molecule has 0 aliphatic rings. The van der Waals surface area contributed by atoms with E-state index in [4.69, 9.17) is 23.2 Å². The number of aromatic nitrogens is 3. The van der Waals surface area contributed by atoms with Crippen LogP contribution in [0.5, 0.6) is 0 Å². The second kappa shape index (κ2) is 6.16. The predicted octanol–water partition coefficient (Wildman–Crippen LogP) is 4.19. The summed E-state index contributed by atoms with van der Waals surface area (Å²) in [6, 6.07) is 13.3. The van der Waals surface area contributed by atoms with E-state index in [1.165, 1.54) is 0 Å². The number of hydrogen-bond donors (Lipinski definition) is 1. The van der Waals surface area contributed by atoms with Gasteiger partial charge in [-0.3, -0.25) is 0 Å². The summed E-state index contributed by atoms with van der Waals surface area (Å²) >= 11 is 12.1. The normalized spacial score (nSPS) is 10.6. The van der Waals surface area contributed by atoms with E-state index in [0.29, 0.717) is 16.6 Å². The molecule has 21 heavy (non-hydrogen) atoms. The van der Waals surface area contributed by atoms with Crippen molar-refractivity contribution in [3.05, 3.63) is 70.5 Å². The molecule has 0 spiro atoms. The quantitative estimate of drug-likeness (QED) is 0.784. The van der Waals surface area contributed by atoms with Crippen LogP contribution in [0.25, 0.3) is 5.69 Å². The molecule has 0 bridgehead atoms. The first-order valence-electron chi connectivity index (χ1n) is 6.37. The van der Waals surface area contributed by atoms with E-state index in [1.807, 2.05) is 30.3 Å². The van der Waals surface area contributed by atoms with Crippen molar-refractivity contribution in [2.24, 2.45) is 0 Å². The maximum atomic E-state index is 6.14. The zero-order valence-corrected chi connectivity index (χ0v) is 12.5. The van der Waals surface area contributed by atoms with E-state index in [2.05, 4.69) is 15.5 Å². The molecule has 6 heteroatoms. The minimum absolute atomic E-state index is 0.610. The molecule has 0 radical (unpaired) electrons. The third-order valence-electron chi connectivity index (χ3n) is 3.01. The van der Waals surface area contributed by atoms with Crippen LogP contribution in [0, 0.1) is 0 Å². The smallest absolute Gasteiger partial charge is 0.0858 e. The molecule has 1 heterocycles. The van der Waals surface area contributed by atoms with Crippen molar-refractivity contribution in [2.75, 3.05) is 5.32 Å². The maximum Gasteiger partial charge on any atom is 0.0858 e. The molecule has 0 saturated carbocycles. The Morgan fingerprint density at radius 2 is 1.67 bits per heavy atom. The highest BCUT2D eigenvalue weighted by molar-refractivity contribution is 6.33. The number of rotatable bonds is 4. The van der Waals surface area contributed by atoms with Crippen molar-refractivity contribution in [1.82, 2.24) is 15.0 Å². The van der Waals surface area contributed by atoms with E-state index in [-0.39, 0.29) is 0 Å². The Bertz CT molecular complexity index is 724. The summed E-state index contributed by atoms with van der Waals surface area (Å²) < 4.78 is 0. The van der Waals surface area contributed by atoms with Crippen LogP contribution >= 0.6 is 23.2 Å². The lowest BCUT2D eigenvalue weighted by Crippen LogP contribution is -2.01. The van der Waals surface area contributed by atoms with Gasteiger partial charge in [0.15, 0.2) is 0 Å². The van der Waals surface area contributed by atoms with Crippen LogP contribution in [-0.2, 0) is 6.54 Å². The minimum atomic E-state index is 0.610. The fraction of sp³-hybridized carbons (Fsp3) is 0.0667. The van der Waals surface area contributed by atoms with Crippen LogP contribution in [0.4, 0.5) is 5.69 Å². The predicted molar refractivity (Wildman–Crippen MR) is 85.1 cm³/mol. The number of halogens is 2. The van der Waals surface area contributed by atoms with Crippen molar-refractivity contribution >= 4 is 28.9 Å². The van der Waals surface area contributed by atoms with E-state index >= 15 is 0 Å². The Morgan fingerprint density at radius 1 is 0.952 bits per heavy atom. The molecule has 2 aromatic carbocycles. The minimum Gasteiger partial charge on any atom is -0.381 e. The van der Waals surface area contributed by atoms with Crippen LogP contribution in [0.1, 0.15) is 5.56 Å². The zero-order chi connectivity index (χ0) is 14.7. The van der Waals surface area contributed by atoms with Gasteiger partial charge in [0.1, 0.15) is 0 Å². The summed E-state index contributed by atoms with van der Waals surface area (Å²) in [4.78, 5) is 1.57. The van der Waals surface area contributed by atoms with Gasteiger partial charge in [0, 0.05) is 22.3 Å². The molecule has 0 fully saturated rings. The number of nitrogens with one attached hydrogen (secondary N) is 1. The van der Waals surface area contributed by atoms with Crippen LogP contribution in [0.15, 0.2) is 54.9 Å². The molecule has 0 aliphatic heterocycles. The Labute approximate surface area is 132 Å². The van der Waals surface area contributed by atoms with Crippen LogP contribution in [0.3, 0.4) is 0 Å². The molecule has 0 aliphatic carbocycles. The van der Waals surface area contributed by atoms with Crippen molar-refractivity contribution in [2.45, 2.75) is 6.54 Å². The Balaban J connectivity index is 1.70. The van der Waals surface area contributed by atoms with Crippen LogP contribution in [0.2, 0.25) is 10.0 Å². The average Bonchev–Trinajstić information content (AvgIpc) is 3.03. The van der Waals surface area contributed by atoms with Gasteiger partial charge >= 0.3 is 0 Å². The van der Waals surface area contributed by atoms with Gasteiger partial charge in [0.25, 0.3) is 0 Å². The molecule has 0 atom stereocenters. The highest BCUT2D eigenvalue weighted by atomic mass is 35.5. The Kier molecular flexibility index (Phi) is 4.08.